The van der Waals surface area contributed by atoms with E-state index in [9.17, 15) is 0 Å². The molecule has 4 nitrogen and oxygen atoms in total. The van der Waals surface area contributed by atoms with Gasteiger partial charge in [0, 0.05) is 57.7 Å². The Morgan fingerprint density at radius 3 is 1.97 bits per heavy atom. The van der Waals surface area contributed by atoms with Crippen LogP contribution in [-0.4, -0.2) is 45.0 Å². The molecular weight excluding hydrogens is 368 g/mol. The van der Waals surface area contributed by atoms with Crippen LogP contribution in [0.3, 0.4) is 0 Å². The lowest BCUT2D eigenvalue weighted by molar-refractivity contribution is 0.0549. The molecule has 1 atom stereocenters. The van der Waals surface area contributed by atoms with Crippen LogP contribution in [0.1, 0.15) is 36.1 Å². The van der Waals surface area contributed by atoms with Crippen LogP contribution in [0.5, 0.6) is 0 Å². The zero-order valence-corrected chi connectivity index (χ0v) is 18.4. The highest BCUT2D eigenvalue weighted by molar-refractivity contribution is 5.23. The highest BCUT2D eigenvalue weighted by Crippen LogP contribution is 2.19. The van der Waals surface area contributed by atoms with E-state index in [-0.39, 0.29) is 0 Å². The second-order valence-electron chi connectivity index (χ2n) is 8.46. The van der Waals surface area contributed by atoms with E-state index >= 15 is 0 Å². The van der Waals surface area contributed by atoms with Crippen molar-refractivity contribution in [2.45, 2.75) is 52.4 Å². The van der Waals surface area contributed by atoms with Crippen LogP contribution in [0.2, 0.25) is 0 Å². The summed E-state index contributed by atoms with van der Waals surface area (Å²) in [7, 11) is 0. The molecule has 0 spiro atoms. The monoisotopic (exact) mass is 402 g/mol. The molecule has 0 aliphatic carbocycles. The van der Waals surface area contributed by atoms with E-state index in [4.69, 9.17) is 0 Å². The molecule has 1 aromatic heterocycles. The van der Waals surface area contributed by atoms with Gasteiger partial charge in [-0.3, -0.25) is 9.80 Å². The quantitative estimate of drug-likeness (QED) is 0.558. The minimum absolute atomic E-state index is 0.480. The van der Waals surface area contributed by atoms with Crippen molar-refractivity contribution in [3.05, 3.63) is 89.5 Å². The zero-order chi connectivity index (χ0) is 20.8. The lowest BCUT2D eigenvalue weighted by Gasteiger charge is -2.41. The molecule has 1 aliphatic rings. The van der Waals surface area contributed by atoms with E-state index in [2.05, 4.69) is 87.9 Å². The standard InChI is InChI=1S/C26H34N4/c1-3-22-5-9-24(10-6-22)17-28-15-16-30(18-25-11-7-23(4-2)8-12-25)26(19-28)20-29-14-13-27-21-29/h5-14,21,26H,3-4,15-20H2,1-2H3. The largest absolute Gasteiger partial charge is 0.336 e. The molecule has 1 unspecified atom stereocenters. The van der Waals surface area contributed by atoms with Crippen molar-refractivity contribution < 1.29 is 0 Å². The third-order valence-electron chi connectivity index (χ3n) is 6.32. The van der Waals surface area contributed by atoms with Crippen molar-refractivity contribution in [1.29, 1.82) is 0 Å². The fraction of sp³-hybridized carbons (Fsp3) is 0.423. The van der Waals surface area contributed by atoms with E-state index in [1.54, 1.807) is 0 Å². The third kappa shape index (κ3) is 5.38. The van der Waals surface area contributed by atoms with Crippen LogP contribution in [0.25, 0.3) is 0 Å². The SMILES string of the molecule is CCc1ccc(CN2CCN(Cc3ccc(CC)cc3)C(Cn3ccnc3)C2)cc1. The Morgan fingerprint density at radius 1 is 0.800 bits per heavy atom. The van der Waals surface area contributed by atoms with Gasteiger partial charge in [-0.05, 0) is 35.1 Å². The van der Waals surface area contributed by atoms with Gasteiger partial charge in [-0.2, -0.15) is 0 Å². The molecule has 30 heavy (non-hydrogen) atoms. The van der Waals surface area contributed by atoms with Gasteiger partial charge in [0.05, 0.1) is 6.33 Å². The highest BCUT2D eigenvalue weighted by atomic mass is 15.3. The Balaban J connectivity index is 1.43. The Kier molecular flexibility index (Phi) is 6.98. The van der Waals surface area contributed by atoms with Gasteiger partial charge in [-0.25, -0.2) is 4.98 Å². The van der Waals surface area contributed by atoms with Crippen LogP contribution >= 0.6 is 0 Å². The predicted molar refractivity (Wildman–Crippen MR) is 123 cm³/mol. The van der Waals surface area contributed by atoms with Gasteiger partial charge in [0.1, 0.15) is 0 Å². The first-order chi connectivity index (χ1) is 14.7. The van der Waals surface area contributed by atoms with E-state index < -0.39 is 0 Å². The lowest BCUT2D eigenvalue weighted by atomic mass is 10.1. The number of imidazole rings is 1. The fourth-order valence-corrected chi connectivity index (χ4v) is 4.37. The van der Waals surface area contributed by atoms with Gasteiger partial charge in [-0.15, -0.1) is 0 Å². The molecule has 0 N–H and O–H groups in total. The minimum Gasteiger partial charge on any atom is -0.336 e. The average Bonchev–Trinajstić information content (AvgIpc) is 3.30. The van der Waals surface area contributed by atoms with E-state index in [1.165, 1.54) is 22.3 Å². The molecule has 158 valence electrons. The molecule has 0 amide bonds. The number of aryl methyl sites for hydroxylation is 2. The number of rotatable bonds is 8. The molecule has 0 radical (unpaired) electrons. The van der Waals surface area contributed by atoms with Crippen molar-refractivity contribution in [2.24, 2.45) is 0 Å². The zero-order valence-electron chi connectivity index (χ0n) is 18.4. The predicted octanol–water partition coefficient (Wildman–Crippen LogP) is 4.39. The highest BCUT2D eigenvalue weighted by Gasteiger charge is 2.27. The molecular formula is C26H34N4. The number of benzene rings is 2. The molecule has 3 aromatic rings. The molecule has 2 heterocycles. The van der Waals surface area contributed by atoms with Gasteiger partial charge >= 0.3 is 0 Å². The van der Waals surface area contributed by atoms with E-state index in [0.717, 1.165) is 52.1 Å². The van der Waals surface area contributed by atoms with Gasteiger partial charge in [0.25, 0.3) is 0 Å². The van der Waals surface area contributed by atoms with Crippen LogP contribution in [0.4, 0.5) is 0 Å². The van der Waals surface area contributed by atoms with Gasteiger partial charge in [0.15, 0.2) is 0 Å². The lowest BCUT2D eigenvalue weighted by Crippen LogP contribution is -2.53. The number of aromatic nitrogens is 2. The maximum Gasteiger partial charge on any atom is 0.0946 e. The molecule has 1 saturated heterocycles. The summed E-state index contributed by atoms with van der Waals surface area (Å²) in [5, 5.41) is 0. The van der Waals surface area contributed by atoms with Crippen molar-refractivity contribution in [3.63, 3.8) is 0 Å². The topological polar surface area (TPSA) is 24.3 Å². The molecule has 1 fully saturated rings. The molecule has 1 aliphatic heterocycles. The van der Waals surface area contributed by atoms with Crippen molar-refractivity contribution >= 4 is 0 Å². The van der Waals surface area contributed by atoms with E-state index in [0.29, 0.717) is 6.04 Å². The Labute approximate surface area is 181 Å². The summed E-state index contributed by atoms with van der Waals surface area (Å²) in [6.45, 7) is 10.8. The van der Waals surface area contributed by atoms with Gasteiger partial charge in [-0.1, -0.05) is 62.4 Å². The number of hydrogen-bond acceptors (Lipinski definition) is 3. The van der Waals surface area contributed by atoms with Crippen molar-refractivity contribution in [2.75, 3.05) is 19.6 Å². The Morgan fingerprint density at radius 2 is 1.40 bits per heavy atom. The molecule has 0 bridgehead atoms. The number of nitrogens with zero attached hydrogens (tertiary/aromatic N) is 4. The molecule has 4 rings (SSSR count). The molecule has 4 heteroatoms. The Bertz CT molecular complexity index is 884. The average molecular weight is 403 g/mol. The first-order valence-electron chi connectivity index (χ1n) is 11.3. The van der Waals surface area contributed by atoms with E-state index in [1.807, 2.05) is 12.5 Å². The van der Waals surface area contributed by atoms with Crippen molar-refractivity contribution in [3.8, 4) is 0 Å². The Hall–Kier alpha value is -2.43. The summed E-state index contributed by atoms with van der Waals surface area (Å²) in [5.74, 6) is 0. The maximum absolute atomic E-state index is 4.25. The second-order valence-corrected chi connectivity index (χ2v) is 8.46. The summed E-state index contributed by atoms with van der Waals surface area (Å²) in [5.41, 5.74) is 5.65. The normalized spacial score (nSPS) is 18.0. The third-order valence-corrected chi connectivity index (χ3v) is 6.32. The van der Waals surface area contributed by atoms with Crippen LogP contribution < -0.4 is 0 Å². The van der Waals surface area contributed by atoms with Crippen LogP contribution in [0.15, 0.2) is 67.3 Å². The maximum atomic E-state index is 4.25. The fourth-order valence-electron chi connectivity index (χ4n) is 4.37. The van der Waals surface area contributed by atoms with Crippen LogP contribution in [0, 0.1) is 0 Å². The minimum atomic E-state index is 0.480. The summed E-state index contributed by atoms with van der Waals surface area (Å²) >= 11 is 0. The number of piperazine rings is 1. The van der Waals surface area contributed by atoms with Crippen LogP contribution in [-0.2, 0) is 32.5 Å². The number of hydrogen-bond donors (Lipinski definition) is 0. The summed E-state index contributed by atoms with van der Waals surface area (Å²) in [4.78, 5) is 9.51. The first kappa shape index (κ1) is 20.8. The molecule has 0 saturated carbocycles. The van der Waals surface area contributed by atoms with Gasteiger partial charge < -0.3 is 4.57 Å². The summed E-state index contributed by atoms with van der Waals surface area (Å²) < 4.78 is 2.22. The van der Waals surface area contributed by atoms with Gasteiger partial charge in [0.2, 0.25) is 0 Å². The summed E-state index contributed by atoms with van der Waals surface area (Å²) in [6, 6.07) is 18.8. The van der Waals surface area contributed by atoms with Crippen molar-refractivity contribution in [1.82, 2.24) is 19.4 Å². The first-order valence-corrected chi connectivity index (χ1v) is 11.3. The molecule has 2 aromatic carbocycles. The second kappa shape index (κ2) is 10.1. The summed E-state index contributed by atoms with van der Waals surface area (Å²) in [6.07, 6.45) is 8.10. The smallest absolute Gasteiger partial charge is 0.0946 e.